The first-order chi connectivity index (χ1) is 9.74. The van der Waals surface area contributed by atoms with Gasteiger partial charge in [0.15, 0.2) is 0 Å². The number of hydrogen-bond acceptors (Lipinski definition) is 3. The fourth-order valence-electron chi connectivity index (χ4n) is 2.43. The molecular formula is C15H18N4O. The lowest BCUT2D eigenvalue weighted by molar-refractivity contribution is -0.119. The van der Waals surface area contributed by atoms with Crippen molar-refractivity contribution in [3.8, 4) is 0 Å². The molecule has 2 N–H and O–H groups in total. The van der Waals surface area contributed by atoms with E-state index in [0.29, 0.717) is 0 Å². The molecule has 5 nitrogen and oxygen atoms in total. The standard InChI is InChI=1S/C15H18N4O/c1-11(19-8-2-6-17-19)15(20)18-14-4-3-12-5-7-16-10-13(12)9-14/h2-4,6,8-9,11,16H,5,7,10H2,1H3,(H,18,20). The van der Waals surface area contributed by atoms with Gasteiger partial charge in [-0.1, -0.05) is 6.07 Å². The molecule has 1 aromatic carbocycles. The fourth-order valence-corrected chi connectivity index (χ4v) is 2.43. The van der Waals surface area contributed by atoms with Crippen LogP contribution in [-0.2, 0) is 17.8 Å². The third-order valence-corrected chi connectivity index (χ3v) is 3.66. The smallest absolute Gasteiger partial charge is 0.248 e. The van der Waals surface area contributed by atoms with Gasteiger partial charge in [0.05, 0.1) is 0 Å². The van der Waals surface area contributed by atoms with Crippen LogP contribution in [0.25, 0.3) is 0 Å². The molecule has 0 saturated heterocycles. The van der Waals surface area contributed by atoms with Crippen LogP contribution in [0.4, 0.5) is 5.69 Å². The van der Waals surface area contributed by atoms with E-state index in [1.165, 1.54) is 11.1 Å². The number of rotatable bonds is 3. The number of nitrogens with one attached hydrogen (secondary N) is 2. The molecule has 1 aromatic heterocycles. The Kier molecular flexibility index (Phi) is 3.52. The highest BCUT2D eigenvalue weighted by Crippen LogP contribution is 2.19. The Morgan fingerprint density at radius 1 is 1.45 bits per heavy atom. The monoisotopic (exact) mass is 270 g/mol. The van der Waals surface area contributed by atoms with E-state index in [2.05, 4.69) is 27.9 Å². The van der Waals surface area contributed by atoms with Gasteiger partial charge in [-0.25, -0.2) is 0 Å². The SMILES string of the molecule is CC(C(=O)Nc1ccc2c(c1)CNCC2)n1cccn1. The molecule has 0 aliphatic carbocycles. The topological polar surface area (TPSA) is 59.0 Å². The number of benzene rings is 1. The van der Waals surface area contributed by atoms with Crippen molar-refractivity contribution in [2.45, 2.75) is 25.9 Å². The molecule has 1 aliphatic rings. The van der Waals surface area contributed by atoms with Crippen LogP contribution >= 0.6 is 0 Å². The van der Waals surface area contributed by atoms with Crippen molar-refractivity contribution in [2.24, 2.45) is 0 Å². The van der Waals surface area contributed by atoms with Crippen LogP contribution in [0.5, 0.6) is 0 Å². The molecule has 1 amide bonds. The molecule has 1 aliphatic heterocycles. The van der Waals surface area contributed by atoms with E-state index in [0.717, 1.165) is 25.2 Å². The van der Waals surface area contributed by atoms with Crippen LogP contribution in [0, 0.1) is 0 Å². The Bertz CT molecular complexity index is 606. The molecular weight excluding hydrogens is 252 g/mol. The average Bonchev–Trinajstić information content (AvgIpc) is 3.00. The van der Waals surface area contributed by atoms with Gasteiger partial charge < -0.3 is 10.6 Å². The molecule has 1 unspecified atom stereocenters. The number of anilines is 1. The van der Waals surface area contributed by atoms with E-state index in [-0.39, 0.29) is 11.9 Å². The first kappa shape index (κ1) is 12.9. The molecule has 0 bridgehead atoms. The van der Waals surface area contributed by atoms with Crippen LogP contribution < -0.4 is 10.6 Å². The minimum absolute atomic E-state index is 0.0579. The zero-order valence-corrected chi connectivity index (χ0v) is 11.5. The summed E-state index contributed by atoms with van der Waals surface area (Å²) in [6.07, 6.45) is 4.52. The maximum atomic E-state index is 12.2. The summed E-state index contributed by atoms with van der Waals surface area (Å²) in [4.78, 5) is 12.2. The van der Waals surface area contributed by atoms with Gasteiger partial charge in [0.1, 0.15) is 6.04 Å². The van der Waals surface area contributed by atoms with E-state index >= 15 is 0 Å². The van der Waals surface area contributed by atoms with Gasteiger partial charge in [0.2, 0.25) is 5.91 Å². The van der Waals surface area contributed by atoms with Crippen LogP contribution in [0.2, 0.25) is 0 Å². The Morgan fingerprint density at radius 2 is 2.35 bits per heavy atom. The molecule has 20 heavy (non-hydrogen) atoms. The van der Waals surface area contributed by atoms with E-state index in [1.54, 1.807) is 17.1 Å². The maximum absolute atomic E-state index is 12.2. The molecule has 0 saturated carbocycles. The van der Waals surface area contributed by atoms with Crippen LogP contribution in [0.3, 0.4) is 0 Å². The molecule has 2 aromatic rings. The van der Waals surface area contributed by atoms with Gasteiger partial charge in [-0.05, 0) is 49.2 Å². The lowest BCUT2D eigenvalue weighted by Crippen LogP contribution is -2.25. The van der Waals surface area contributed by atoms with Crippen molar-refractivity contribution >= 4 is 11.6 Å². The molecule has 5 heteroatoms. The highest BCUT2D eigenvalue weighted by molar-refractivity contribution is 5.93. The second kappa shape index (κ2) is 5.46. The van der Waals surface area contributed by atoms with Crippen molar-refractivity contribution in [1.82, 2.24) is 15.1 Å². The summed E-state index contributed by atoms with van der Waals surface area (Å²) in [5.41, 5.74) is 3.47. The summed E-state index contributed by atoms with van der Waals surface area (Å²) in [7, 11) is 0. The van der Waals surface area contributed by atoms with Gasteiger partial charge in [-0.2, -0.15) is 5.10 Å². The van der Waals surface area contributed by atoms with Crippen LogP contribution in [0.1, 0.15) is 24.1 Å². The van der Waals surface area contributed by atoms with E-state index in [1.807, 2.05) is 19.1 Å². The summed E-state index contributed by atoms with van der Waals surface area (Å²) < 4.78 is 1.65. The minimum atomic E-state index is -0.320. The fraction of sp³-hybridized carbons (Fsp3) is 0.333. The van der Waals surface area contributed by atoms with Gasteiger partial charge in [0.25, 0.3) is 0 Å². The second-order valence-electron chi connectivity index (χ2n) is 5.06. The number of hydrogen-bond donors (Lipinski definition) is 2. The lowest BCUT2D eigenvalue weighted by Gasteiger charge is -2.19. The van der Waals surface area contributed by atoms with Crippen LogP contribution in [0.15, 0.2) is 36.7 Å². The molecule has 0 fully saturated rings. The first-order valence-electron chi connectivity index (χ1n) is 6.86. The van der Waals surface area contributed by atoms with Gasteiger partial charge in [-0.3, -0.25) is 9.48 Å². The van der Waals surface area contributed by atoms with Gasteiger partial charge >= 0.3 is 0 Å². The highest BCUT2D eigenvalue weighted by atomic mass is 16.2. The summed E-state index contributed by atoms with van der Waals surface area (Å²) in [5.74, 6) is -0.0579. The molecule has 104 valence electrons. The summed E-state index contributed by atoms with van der Waals surface area (Å²) in [6, 6.07) is 7.62. The van der Waals surface area contributed by atoms with Crippen molar-refractivity contribution in [2.75, 3.05) is 11.9 Å². The Labute approximate surface area is 118 Å². The number of nitrogens with zero attached hydrogens (tertiary/aromatic N) is 2. The van der Waals surface area contributed by atoms with Gasteiger partial charge in [-0.15, -0.1) is 0 Å². The number of fused-ring (bicyclic) bond motifs is 1. The zero-order chi connectivity index (χ0) is 13.9. The predicted octanol–water partition coefficient (Wildman–Crippen LogP) is 1.73. The number of carbonyl (C=O) groups excluding carboxylic acids is 1. The van der Waals surface area contributed by atoms with Crippen LogP contribution in [-0.4, -0.2) is 22.2 Å². The third-order valence-electron chi connectivity index (χ3n) is 3.66. The average molecular weight is 270 g/mol. The quantitative estimate of drug-likeness (QED) is 0.893. The van der Waals surface area contributed by atoms with E-state index in [9.17, 15) is 4.79 Å². The highest BCUT2D eigenvalue weighted by Gasteiger charge is 2.16. The third kappa shape index (κ3) is 2.58. The number of carbonyl (C=O) groups is 1. The van der Waals surface area contributed by atoms with Crippen molar-refractivity contribution in [3.63, 3.8) is 0 Å². The van der Waals surface area contributed by atoms with E-state index in [4.69, 9.17) is 0 Å². The number of aromatic nitrogens is 2. The second-order valence-corrected chi connectivity index (χ2v) is 5.06. The first-order valence-corrected chi connectivity index (χ1v) is 6.86. The Morgan fingerprint density at radius 3 is 3.15 bits per heavy atom. The molecule has 0 radical (unpaired) electrons. The number of amides is 1. The van der Waals surface area contributed by atoms with Gasteiger partial charge in [0, 0.05) is 24.6 Å². The lowest BCUT2D eigenvalue weighted by atomic mass is 10.0. The summed E-state index contributed by atoms with van der Waals surface area (Å²) >= 11 is 0. The molecule has 1 atom stereocenters. The molecule has 2 heterocycles. The van der Waals surface area contributed by atoms with Crippen molar-refractivity contribution in [1.29, 1.82) is 0 Å². The van der Waals surface area contributed by atoms with E-state index < -0.39 is 0 Å². The van der Waals surface area contributed by atoms with Crippen molar-refractivity contribution in [3.05, 3.63) is 47.8 Å². The normalized spacial score (nSPS) is 15.4. The summed E-state index contributed by atoms with van der Waals surface area (Å²) in [5, 5.41) is 10.4. The summed E-state index contributed by atoms with van der Waals surface area (Å²) in [6.45, 7) is 3.73. The predicted molar refractivity (Wildman–Crippen MR) is 77.4 cm³/mol. The largest absolute Gasteiger partial charge is 0.324 e. The maximum Gasteiger partial charge on any atom is 0.248 e. The Balaban J connectivity index is 1.73. The minimum Gasteiger partial charge on any atom is -0.324 e. The molecule has 3 rings (SSSR count). The Hall–Kier alpha value is -2.14. The molecule has 0 spiro atoms. The zero-order valence-electron chi connectivity index (χ0n) is 11.5. The van der Waals surface area contributed by atoms with Crippen molar-refractivity contribution < 1.29 is 4.79 Å².